The summed E-state index contributed by atoms with van der Waals surface area (Å²) < 4.78 is 20.9. The fourth-order valence-corrected chi connectivity index (χ4v) is 3.27. The van der Waals surface area contributed by atoms with Crippen LogP contribution in [0.5, 0.6) is 0 Å². The van der Waals surface area contributed by atoms with E-state index in [2.05, 4.69) is 11.2 Å². The molecule has 1 aliphatic rings. The monoisotopic (exact) mass is 352 g/mol. The summed E-state index contributed by atoms with van der Waals surface area (Å²) in [6.07, 6.45) is 5.07. The van der Waals surface area contributed by atoms with Crippen molar-refractivity contribution in [3.05, 3.63) is 58.6 Å². The molecule has 3 nitrogen and oxygen atoms in total. The molecule has 0 aliphatic carbocycles. The minimum Gasteiger partial charge on any atom is -0.474 e. The van der Waals surface area contributed by atoms with Crippen LogP contribution in [0.25, 0.3) is 0 Å². The molecule has 1 atom stereocenters. The van der Waals surface area contributed by atoms with Gasteiger partial charge in [0, 0.05) is 17.8 Å². The maximum atomic E-state index is 13.2. The molecule has 23 heavy (non-hydrogen) atoms. The van der Waals surface area contributed by atoms with Gasteiger partial charge < -0.3 is 9.30 Å². The Morgan fingerprint density at radius 3 is 3.09 bits per heavy atom. The molecule has 122 valence electrons. The zero-order valence-corrected chi connectivity index (χ0v) is 14.4. The summed E-state index contributed by atoms with van der Waals surface area (Å²) in [5.74, 6) is 1.43. The first-order chi connectivity index (χ1) is 11.2. The number of benzene rings is 1. The van der Waals surface area contributed by atoms with E-state index >= 15 is 0 Å². The van der Waals surface area contributed by atoms with Gasteiger partial charge in [-0.15, -0.1) is 0 Å². The highest BCUT2D eigenvalue weighted by atomic mass is 35.5. The molecular formula is C17H18ClFN2OS. The van der Waals surface area contributed by atoms with Crippen molar-refractivity contribution < 1.29 is 9.13 Å². The third-order valence-corrected chi connectivity index (χ3v) is 4.77. The molecule has 0 radical (unpaired) electrons. The summed E-state index contributed by atoms with van der Waals surface area (Å²) in [6.45, 7) is 1.19. The topological polar surface area (TPSA) is 26.5 Å². The van der Waals surface area contributed by atoms with E-state index in [1.54, 1.807) is 6.07 Å². The fraction of sp³-hybridized carbons (Fsp3) is 0.353. The van der Waals surface area contributed by atoms with Crippen LogP contribution in [0.15, 0.2) is 41.5 Å². The number of aliphatic imine (C=N–C) groups is 1. The zero-order valence-electron chi connectivity index (χ0n) is 12.8. The van der Waals surface area contributed by atoms with Crippen LogP contribution in [0.4, 0.5) is 4.39 Å². The predicted octanol–water partition coefficient (Wildman–Crippen LogP) is 4.23. The van der Waals surface area contributed by atoms with Crippen molar-refractivity contribution in [2.24, 2.45) is 4.99 Å². The van der Waals surface area contributed by atoms with E-state index in [0.717, 1.165) is 23.4 Å². The minimum atomic E-state index is -0.327. The highest BCUT2D eigenvalue weighted by Crippen LogP contribution is 2.21. The normalized spacial score (nSPS) is 17.2. The van der Waals surface area contributed by atoms with Gasteiger partial charge in [-0.25, -0.2) is 9.38 Å². The molecule has 0 saturated heterocycles. The molecule has 1 unspecified atom stereocenters. The summed E-state index contributed by atoms with van der Waals surface area (Å²) in [6, 6.07) is 8.63. The molecular weight excluding hydrogens is 335 g/mol. The Hall–Kier alpha value is -1.46. The number of hydrogen-bond donors (Lipinski definition) is 0. The van der Waals surface area contributed by atoms with Gasteiger partial charge in [-0.05, 0) is 48.3 Å². The Labute approximate surface area is 144 Å². The highest BCUT2D eigenvalue weighted by molar-refractivity contribution is 7.98. The van der Waals surface area contributed by atoms with Crippen LogP contribution in [0.2, 0.25) is 5.02 Å². The average molecular weight is 353 g/mol. The Balaban J connectivity index is 1.77. The van der Waals surface area contributed by atoms with Crippen molar-refractivity contribution in [1.29, 1.82) is 0 Å². The molecule has 2 heterocycles. The largest absolute Gasteiger partial charge is 0.474 e. The van der Waals surface area contributed by atoms with Crippen LogP contribution in [-0.4, -0.2) is 35.1 Å². The molecule has 6 heteroatoms. The lowest BCUT2D eigenvalue weighted by atomic mass is 10.2. The summed E-state index contributed by atoms with van der Waals surface area (Å²) in [5.41, 5.74) is 1.79. The predicted molar refractivity (Wildman–Crippen MR) is 94.2 cm³/mol. The van der Waals surface area contributed by atoms with E-state index in [1.165, 1.54) is 12.1 Å². The van der Waals surface area contributed by atoms with Gasteiger partial charge in [-0.3, -0.25) is 0 Å². The van der Waals surface area contributed by atoms with Gasteiger partial charge in [0.2, 0.25) is 5.90 Å². The highest BCUT2D eigenvalue weighted by Gasteiger charge is 2.22. The molecule has 1 aliphatic heterocycles. The SMILES string of the molecule is CSCCC1COC(c2cccn2Cc2ccc(F)cc2Cl)=N1. The van der Waals surface area contributed by atoms with Crippen LogP contribution in [0, 0.1) is 5.82 Å². The summed E-state index contributed by atoms with van der Waals surface area (Å²) >= 11 is 7.94. The Morgan fingerprint density at radius 2 is 2.30 bits per heavy atom. The molecule has 2 aromatic rings. The van der Waals surface area contributed by atoms with Gasteiger partial charge in [-0.2, -0.15) is 11.8 Å². The Bertz CT molecular complexity index is 716. The van der Waals surface area contributed by atoms with Crippen LogP contribution < -0.4 is 0 Å². The van der Waals surface area contributed by atoms with Crippen molar-refractivity contribution in [2.45, 2.75) is 19.0 Å². The number of nitrogens with zero attached hydrogens (tertiary/aromatic N) is 2. The maximum Gasteiger partial charge on any atom is 0.233 e. The van der Waals surface area contributed by atoms with Crippen LogP contribution in [-0.2, 0) is 11.3 Å². The third kappa shape index (κ3) is 3.90. The lowest BCUT2D eigenvalue weighted by Crippen LogP contribution is -2.11. The van der Waals surface area contributed by atoms with Gasteiger partial charge in [-0.1, -0.05) is 17.7 Å². The molecule has 1 aromatic carbocycles. The standard InChI is InChI=1S/C17H18ClFN2OS/c1-23-8-6-14-11-22-17(20-14)16-3-2-7-21(16)10-12-4-5-13(19)9-15(12)18/h2-5,7,9,14H,6,8,10-11H2,1H3. The quantitative estimate of drug-likeness (QED) is 0.777. The van der Waals surface area contributed by atoms with Crippen LogP contribution in [0.3, 0.4) is 0 Å². The third-order valence-electron chi connectivity index (χ3n) is 3.77. The van der Waals surface area contributed by atoms with Crippen molar-refractivity contribution >= 4 is 29.3 Å². The van der Waals surface area contributed by atoms with Gasteiger partial charge in [0.15, 0.2) is 0 Å². The smallest absolute Gasteiger partial charge is 0.233 e. The zero-order chi connectivity index (χ0) is 16.2. The van der Waals surface area contributed by atoms with E-state index in [4.69, 9.17) is 16.3 Å². The van der Waals surface area contributed by atoms with Gasteiger partial charge in [0.25, 0.3) is 0 Å². The second-order valence-electron chi connectivity index (χ2n) is 5.44. The molecule has 0 amide bonds. The summed E-state index contributed by atoms with van der Waals surface area (Å²) in [7, 11) is 0. The lowest BCUT2D eigenvalue weighted by molar-refractivity contribution is 0.314. The van der Waals surface area contributed by atoms with Gasteiger partial charge in [0.1, 0.15) is 18.1 Å². The van der Waals surface area contributed by atoms with E-state index in [9.17, 15) is 4.39 Å². The van der Waals surface area contributed by atoms with E-state index in [0.29, 0.717) is 24.1 Å². The number of ether oxygens (including phenoxy) is 1. The van der Waals surface area contributed by atoms with E-state index in [1.807, 2.05) is 34.7 Å². The average Bonchev–Trinajstić information content (AvgIpc) is 3.16. The molecule has 0 bridgehead atoms. The molecule has 3 rings (SSSR count). The fourth-order valence-electron chi connectivity index (χ4n) is 2.54. The number of rotatable bonds is 6. The number of hydrogen-bond acceptors (Lipinski definition) is 3. The van der Waals surface area contributed by atoms with Crippen molar-refractivity contribution in [3.8, 4) is 0 Å². The molecule has 1 aromatic heterocycles. The first-order valence-electron chi connectivity index (χ1n) is 7.46. The molecule has 0 N–H and O–H groups in total. The van der Waals surface area contributed by atoms with Crippen molar-refractivity contribution in [1.82, 2.24) is 4.57 Å². The second-order valence-corrected chi connectivity index (χ2v) is 6.83. The lowest BCUT2D eigenvalue weighted by Gasteiger charge is -2.10. The van der Waals surface area contributed by atoms with Crippen molar-refractivity contribution in [3.63, 3.8) is 0 Å². The van der Waals surface area contributed by atoms with Crippen LogP contribution >= 0.6 is 23.4 Å². The van der Waals surface area contributed by atoms with Crippen molar-refractivity contribution in [2.75, 3.05) is 18.6 Å². The number of halogens is 2. The maximum absolute atomic E-state index is 13.2. The summed E-state index contributed by atoms with van der Waals surface area (Å²) in [4.78, 5) is 4.67. The Kier molecular flexibility index (Phi) is 5.28. The Morgan fingerprint density at radius 1 is 1.43 bits per heavy atom. The summed E-state index contributed by atoms with van der Waals surface area (Å²) in [5, 5.41) is 0.428. The first kappa shape index (κ1) is 16.4. The van der Waals surface area contributed by atoms with E-state index in [-0.39, 0.29) is 11.9 Å². The number of thioether (sulfide) groups is 1. The molecule has 0 saturated carbocycles. The number of aromatic nitrogens is 1. The minimum absolute atomic E-state index is 0.232. The van der Waals surface area contributed by atoms with E-state index < -0.39 is 0 Å². The second kappa shape index (κ2) is 7.41. The molecule has 0 spiro atoms. The van der Waals surface area contributed by atoms with Gasteiger partial charge >= 0.3 is 0 Å². The van der Waals surface area contributed by atoms with Crippen LogP contribution in [0.1, 0.15) is 17.7 Å². The molecule has 0 fully saturated rings. The first-order valence-corrected chi connectivity index (χ1v) is 9.23. The van der Waals surface area contributed by atoms with Gasteiger partial charge in [0.05, 0.1) is 6.04 Å².